The minimum atomic E-state index is -0.751. The van der Waals surface area contributed by atoms with E-state index in [1.807, 2.05) is 0 Å². The molecule has 0 fully saturated rings. The molecule has 130 valence electrons. The van der Waals surface area contributed by atoms with Gasteiger partial charge in [-0.2, -0.15) is 0 Å². The van der Waals surface area contributed by atoms with Gasteiger partial charge in [0.05, 0.1) is 17.7 Å². The van der Waals surface area contributed by atoms with Crippen molar-refractivity contribution in [3.05, 3.63) is 64.2 Å². The maximum absolute atomic E-state index is 14.6. The predicted molar refractivity (Wildman–Crippen MR) is 93.5 cm³/mol. The minimum Gasteiger partial charge on any atom is -0.462 e. The molecule has 7 heteroatoms. The van der Waals surface area contributed by atoms with Crippen molar-refractivity contribution in [2.45, 2.75) is 6.92 Å². The van der Waals surface area contributed by atoms with Gasteiger partial charge in [-0.3, -0.25) is 4.79 Å². The molecule has 2 aromatic carbocycles. The summed E-state index contributed by atoms with van der Waals surface area (Å²) in [7, 11) is 0. The number of para-hydroxylation sites is 2. The molecule has 1 N–H and O–H groups in total. The van der Waals surface area contributed by atoms with Gasteiger partial charge in [0.25, 0.3) is 0 Å². The molecule has 0 spiro atoms. The number of hydrogen-bond donors (Lipinski definition) is 1. The molecule has 0 saturated carbocycles. The van der Waals surface area contributed by atoms with E-state index >= 15 is 0 Å². The molecule has 0 aliphatic heterocycles. The van der Waals surface area contributed by atoms with Gasteiger partial charge in [0.15, 0.2) is 5.58 Å². The Morgan fingerprint density at radius 2 is 2.12 bits per heavy atom. The van der Waals surface area contributed by atoms with Crippen molar-refractivity contribution >= 4 is 28.0 Å². The molecule has 4 rings (SSSR count). The summed E-state index contributed by atoms with van der Waals surface area (Å²) in [5, 5.41) is 0.0490. The van der Waals surface area contributed by atoms with E-state index < -0.39 is 17.2 Å². The van der Waals surface area contributed by atoms with Gasteiger partial charge in [0.2, 0.25) is 11.3 Å². The van der Waals surface area contributed by atoms with Crippen LogP contribution in [-0.2, 0) is 4.74 Å². The van der Waals surface area contributed by atoms with Crippen LogP contribution in [0.1, 0.15) is 17.3 Å². The Bertz CT molecular complexity index is 1180. The number of fused-ring (bicyclic) bond motifs is 2. The Labute approximate surface area is 146 Å². The number of rotatable bonds is 3. The topological polar surface area (TPSA) is 85.2 Å². The molecule has 6 nitrogen and oxygen atoms in total. The number of hydrogen-bond acceptors (Lipinski definition) is 5. The van der Waals surface area contributed by atoms with Crippen molar-refractivity contribution in [1.29, 1.82) is 0 Å². The summed E-state index contributed by atoms with van der Waals surface area (Å²) in [6.45, 7) is 1.78. The van der Waals surface area contributed by atoms with Crippen molar-refractivity contribution < 1.29 is 18.3 Å². The molecule has 0 radical (unpaired) electrons. The first kappa shape index (κ1) is 16.0. The highest BCUT2D eigenvalue weighted by atomic mass is 19.1. The van der Waals surface area contributed by atoms with Gasteiger partial charge in [-0.1, -0.05) is 12.1 Å². The van der Waals surface area contributed by atoms with Gasteiger partial charge < -0.3 is 14.1 Å². The quantitative estimate of drug-likeness (QED) is 0.569. The van der Waals surface area contributed by atoms with Gasteiger partial charge in [0.1, 0.15) is 16.9 Å². The van der Waals surface area contributed by atoms with E-state index in [1.165, 1.54) is 12.3 Å². The first-order valence-electron chi connectivity index (χ1n) is 7.96. The van der Waals surface area contributed by atoms with Crippen LogP contribution in [0.3, 0.4) is 0 Å². The number of carbonyl (C=O) groups is 1. The molecule has 0 saturated heterocycles. The standard InChI is InChI=1S/C19H13FN2O4/c1-2-25-19(24)12-9-21-15-8-10(13(20)7-11(15)17(12)23)18-22-14-5-3-4-6-16(14)26-18/h3-9H,2H2,1H3,(H,21,23). The Morgan fingerprint density at radius 3 is 2.88 bits per heavy atom. The fourth-order valence-electron chi connectivity index (χ4n) is 2.75. The Morgan fingerprint density at radius 1 is 1.31 bits per heavy atom. The third-order valence-corrected chi connectivity index (χ3v) is 3.99. The van der Waals surface area contributed by atoms with Crippen LogP contribution in [0.5, 0.6) is 0 Å². The number of benzene rings is 2. The molecular formula is C19H13FN2O4. The van der Waals surface area contributed by atoms with E-state index in [9.17, 15) is 14.0 Å². The number of H-pyrrole nitrogens is 1. The molecule has 0 atom stereocenters. The van der Waals surface area contributed by atoms with E-state index in [-0.39, 0.29) is 29.0 Å². The van der Waals surface area contributed by atoms with Crippen molar-refractivity contribution in [1.82, 2.24) is 9.97 Å². The second kappa shape index (κ2) is 6.11. The zero-order chi connectivity index (χ0) is 18.3. The number of esters is 1. The molecule has 4 aromatic rings. The maximum atomic E-state index is 14.6. The van der Waals surface area contributed by atoms with Crippen LogP contribution in [0.2, 0.25) is 0 Å². The number of carbonyl (C=O) groups excluding carboxylic acids is 1. The smallest absolute Gasteiger partial charge is 0.343 e. The monoisotopic (exact) mass is 352 g/mol. The van der Waals surface area contributed by atoms with Gasteiger partial charge in [0, 0.05) is 11.6 Å². The highest BCUT2D eigenvalue weighted by Gasteiger charge is 2.18. The summed E-state index contributed by atoms with van der Waals surface area (Å²) in [5.41, 5.74) is 0.852. The van der Waals surface area contributed by atoms with Gasteiger partial charge >= 0.3 is 5.97 Å². The maximum Gasteiger partial charge on any atom is 0.343 e. The first-order chi connectivity index (χ1) is 12.6. The summed E-state index contributed by atoms with van der Waals surface area (Å²) >= 11 is 0. The highest BCUT2D eigenvalue weighted by molar-refractivity contribution is 5.94. The van der Waals surface area contributed by atoms with E-state index in [0.29, 0.717) is 16.6 Å². The summed E-state index contributed by atoms with van der Waals surface area (Å²) in [4.78, 5) is 31.4. The number of oxazole rings is 1. The molecular weight excluding hydrogens is 339 g/mol. The third kappa shape index (κ3) is 2.54. The lowest BCUT2D eigenvalue weighted by Gasteiger charge is -2.05. The number of nitrogens with zero attached hydrogens (tertiary/aromatic N) is 1. The Balaban J connectivity index is 1.88. The van der Waals surface area contributed by atoms with Gasteiger partial charge in [-0.25, -0.2) is 14.2 Å². The van der Waals surface area contributed by atoms with Gasteiger partial charge in [-0.15, -0.1) is 0 Å². The largest absolute Gasteiger partial charge is 0.462 e. The predicted octanol–water partition coefficient (Wildman–Crippen LogP) is 3.65. The molecule has 2 aromatic heterocycles. The molecule has 26 heavy (non-hydrogen) atoms. The number of pyridine rings is 1. The molecule has 0 bridgehead atoms. The second-order valence-electron chi connectivity index (χ2n) is 5.62. The zero-order valence-corrected chi connectivity index (χ0v) is 13.7. The van der Waals surface area contributed by atoms with E-state index in [1.54, 1.807) is 31.2 Å². The van der Waals surface area contributed by atoms with Crippen molar-refractivity contribution in [3.63, 3.8) is 0 Å². The summed E-state index contributed by atoms with van der Waals surface area (Å²) < 4.78 is 25.1. The minimum absolute atomic E-state index is 0.0490. The van der Waals surface area contributed by atoms with Crippen LogP contribution in [-0.4, -0.2) is 22.5 Å². The summed E-state index contributed by atoms with van der Waals surface area (Å²) in [5.74, 6) is -1.31. The average Bonchev–Trinajstić information content (AvgIpc) is 3.06. The van der Waals surface area contributed by atoms with Crippen molar-refractivity contribution in [2.24, 2.45) is 0 Å². The van der Waals surface area contributed by atoms with Crippen LogP contribution in [0.25, 0.3) is 33.5 Å². The number of ether oxygens (including phenoxy) is 1. The van der Waals surface area contributed by atoms with Crippen LogP contribution in [0.4, 0.5) is 4.39 Å². The highest BCUT2D eigenvalue weighted by Crippen LogP contribution is 2.28. The number of aromatic amines is 1. The van der Waals surface area contributed by atoms with Crippen LogP contribution in [0, 0.1) is 5.82 Å². The molecule has 2 heterocycles. The number of aromatic nitrogens is 2. The third-order valence-electron chi connectivity index (χ3n) is 3.99. The molecule has 0 aliphatic rings. The fourth-order valence-corrected chi connectivity index (χ4v) is 2.75. The summed E-state index contributed by atoms with van der Waals surface area (Å²) in [6.07, 6.45) is 1.26. The zero-order valence-electron chi connectivity index (χ0n) is 13.7. The lowest BCUT2D eigenvalue weighted by atomic mass is 10.1. The molecule has 0 amide bonds. The lowest BCUT2D eigenvalue weighted by molar-refractivity contribution is 0.0524. The SMILES string of the molecule is CCOC(=O)c1c[nH]c2cc(-c3nc4ccccc4o3)c(F)cc2c1=O. The van der Waals surface area contributed by atoms with E-state index in [2.05, 4.69) is 9.97 Å². The van der Waals surface area contributed by atoms with E-state index in [4.69, 9.17) is 9.15 Å². The second-order valence-corrected chi connectivity index (χ2v) is 5.62. The lowest BCUT2D eigenvalue weighted by Crippen LogP contribution is -2.18. The van der Waals surface area contributed by atoms with Gasteiger partial charge in [-0.05, 0) is 31.2 Å². The molecule has 0 aliphatic carbocycles. The van der Waals surface area contributed by atoms with Crippen molar-refractivity contribution in [2.75, 3.05) is 6.61 Å². The van der Waals surface area contributed by atoms with Crippen molar-refractivity contribution in [3.8, 4) is 11.5 Å². The van der Waals surface area contributed by atoms with E-state index in [0.717, 1.165) is 6.07 Å². The van der Waals surface area contributed by atoms with Crippen LogP contribution in [0.15, 0.2) is 51.8 Å². The summed E-state index contributed by atoms with van der Waals surface area (Å²) in [6, 6.07) is 9.60. The fraction of sp³-hybridized carbons (Fsp3) is 0.105. The molecule has 0 unspecified atom stereocenters. The van der Waals surface area contributed by atoms with Crippen LogP contribution >= 0.6 is 0 Å². The first-order valence-corrected chi connectivity index (χ1v) is 7.96. The number of halogens is 1. The Hall–Kier alpha value is -3.48. The number of nitrogens with one attached hydrogen (secondary N) is 1. The average molecular weight is 352 g/mol. The normalized spacial score (nSPS) is 11.2. The Kier molecular flexibility index (Phi) is 3.76. The van der Waals surface area contributed by atoms with Crippen LogP contribution < -0.4 is 5.43 Å².